The first kappa shape index (κ1) is 17.5. The summed E-state index contributed by atoms with van der Waals surface area (Å²) >= 11 is 0. The summed E-state index contributed by atoms with van der Waals surface area (Å²) in [4.78, 5) is 0. The lowest BCUT2D eigenvalue weighted by Gasteiger charge is -2.31. The van der Waals surface area contributed by atoms with Gasteiger partial charge >= 0.3 is 0 Å². The molecule has 1 heterocycles. The highest BCUT2D eigenvalue weighted by Crippen LogP contribution is 2.36. The fraction of sp³-hybridized carbons (Fsp3) is 0.476. The minimum Gasteiger partial charge on any atom is -0.241 e. The van der Waals surface area contributed by atoms with E-state index in [2.05, 4.69) is 50.1 Å². The van der Waals surface area contributed by atoms with E-state index in [4.69, 9.17) is 0 Å². The molecule has 0 unspecified atom stereocenters. The van der Waals surface area contributed by atoms with E-state index in [1.807, 2.05) is 35.7 Å². The van der Waals surface area contributed by atoms with Crippen LogP contribution in [0.2, 0.25) is 0 Å². The number of hydrazone groups is 1. The van der Waals surface area contributed by atoms with Crippen molar-refractivity contribution in [2.75, 3.05) is 5.01 Å². The molecule has 0 aromatic heterocycles. The molecule has 2 heteroatoms. The molecule has 1 aliphatic rings. The molecule has 0 saturated carbocycles. The van der Waals surface area contributed by atoms with Gasteiger partial charge in [0.2, 0.25) is 0 Å². The Hall–Kier alpha value is -1.83. The normalized spacial score (nSPS) is 14.3. The van der Waals surface area contributed by atoms with Gasteiger partial charge in [-0.3, -0.25) is 0 Å². The SMILES string of the molecule is CCCCC(C)(CCCC)c1cccc(N2C=CC=CC=N2)c1. The number of hydrogen-bond acceptors (Lipinski definition) is 2. The van der Waals surface area contributed by atoms with E-state index in [-0.39, 0.29) is 5.41 Å². The first-order chi connectivity index (χ1) is 11.2. The van der Waals surface area contributed by atoms with Crippen LogP contribution in [-0.4, -0.2) is 6.21 Å². The number of nitrogens with zero attached hydrogens (tertiary/aromatic N) is 2. The van der Waals surface area contributed by atoms with E-state index in [9.17, 15) is 0 Å². The molecule has 1 aromatic rings. The monoisotopic (exact) mass is 310 g/mol. The van der Waals surface area contributed by atoms with Crippen LogP contribution in [-0.2, 0) is 5.41 Å². The Morgan fingerprint density at radius 1 is 1.00 bits per heavy atom. The third-order valence-electron chi connectivity index (χ3n) is 4.70. The Morgan fingerprint density at radius 2 is 1.74 bits per heavy atom. The molecule has 2 nitrogen and oxygen atoms in total. The first-order valence-electron chi connectivity index (χ1n) is 8.97. The predicted octanol–water partition coefficient (Wildman–Crippen LogP) is 6.20. The molecule has 0 radical (unpaired) electrons. The first-order valence-corrected chi connectivity index (χ1v) is 8.97. The summed E-state index contributed by atoms with van der Waals surface area (Å²) in [6.45, 7) is 6.99. The lowest BCUT2D eigenvalue weighted by Crippen LogP contribution is -2.22. The van der Waals surface area contributed by atoms with Crippen LogP contribution in [0, 0.1) is 0 Å². The van der Waals surface area contributed by atoms with Gasteiger partial charge in [-0.2, -0.15) is 5.10 Å². The number of allylic oxidation sites excluding steroid dienone is 3. The zero-order chi connectivity index (χ0) is 16.5. The number of hydrogen-bond donors (Lipinski definition) is 0. The number of benzene rings is 1. The van der Waals surface area contributed by atoms with E-state index in [0.29, 0.717) is 0 Å². The van der Waals surface area contributed by atoms with Gasteiger partial charge in [-0.05, 0) is 48.1 Å². The van der Waals surface area contributed by atoms with E-state index >= 15 is 0 Å². The third kappa shape index (κ3) is 4.82. The van der Waals surface area contributed by atoms with Crippen molar-refractivity contribution in [1.29, 1.82) is 0 Å². The summed E-state index contributed by atoms with van der Waals surface area (Å²) in [5.74, 6) is 0. The maximum absolute atomic E-state index is 4.48. The van der Waals surface area contributed by atoms with Crippen LogP contribution in [0.3, 0.4) is 0 Å². The molecule has 0 amide bonds. The largest absolute Gasteiger partial charge is 0.241 e. The zero-order valence-corrected chi connectivity index (χ0v) is 14.8. The molecule has 0 saturated heterocycles. The van der Waals surface area contributed by atoms with E-state index in [1.54, 1.807) is 0 Å². The molecule has 0 spiro atoms. The van der Waals surface area contributed by atoms with Gasteiger partial charge in [0.15, 0.2) is 0 Å². The molecule has 0 aliphatic carbocycles. The summed E-state index contributed by atoms with van der Waals surface area (Å²) in [7, 11) is 0. The van der Waals surface area contributed by atoms with Crippen molar-refractivity contribution in [3.8, 4) is 0 Å². The second-order valence-corrected chi connectivity index (χ2v) is 6.65. The van der Waals surface area contributed by atoms with E-state index in [1.165, 1.54) is 44.1 Å². The highest BCUT2D eigenvalue weighted by molar-refractivity contribution is 5.74. The van der Waals surface area contributed by atoms with Crippen molar-refractivity contribution < 1.29 is 0 Å². The van der Waals surface area contributed by atoms with Crippen molar-refractivity contribution in [2.45, 2.75) is 64.7 Å². The fourth-order valence-electron chi connectivity index (χ4n) is 3.12. The average molecular weight is 310 g/mol. The molecule has 0 bridgehead atoms. The van der Waals surface area contributed by atoms with Crippen molar-refractivity contribution >= 4 is 11.9 Å². The van der Waals surface area contributed by atoms with Crippen molar-refractivity contribution in [2.24, 2.45) is 5.10 Å². The van der Waals surface area contributed by atoms with Crippen LogP contribution in [0.5, 0.6) is 0 Å². The summed E-state index contributed by atoms with van der Waals surface area (Å²) in [5, 5.41) is 6.42. The maximum atomic E-state index is 4.48. The lowest BCUT2D eigenvalue weighted by atomic mass is 9.74. The van der Waals surface area contributed by atoms with Crippen LogP contribution in [0.25, 0.3) is 0 Å². The van der Waals surface area contributed by atoms with Gasteiger partial charge < -0.3 is 0 Å². The third-order valence-corrected chi connectivity index (χ3v) is 4.70. The molecule has 124 valence electrons. The topological polar surface area (TPSA) is 15.6 Å². The van der Waals surface area contributed by atoms with Crippen LogP contribution < -0.4 is 5.01 Å². The van der Waals surface area contributed by atoms with Crippen molar-refractivity contribution in [1.82, 2.24) is 0 Å². The van der Waals surface area contributed by atoms with Gasteiger partial charge in [0.05, 0.1) is 5.69 Å². The van der Waals surface area contributed by atoms with Crippen molar-refractivity contribution in [3.63, 3.8) is 0 Å². The summed E-state index contributed by atoms with van der Waals surface area (Å²) < 4.78 is 0. The molecule has 2 rings (SSSR count). The number of rotatable bonds is 8. The zero-order valence-electron chi connectivity index (χ0n) is 14.8. The Bertz CT molecular complexity index is 545. The Labute approximate surface area is 141 Å². The van der Waals surface area contributed by atoms with Crippen LogP contribution in [0.4, 0.5) is 5.69 Å². The van der Waals surface area contributed by atoms with Crippen LogP contribution in [0.15, 0.2) is 53.8 Å². The number of anilines is 1. The average Bonchev–Trinajstić information content (AvgIpc) is 2.87. The second-order valence-electron chi connectivity index (χ2n) is 6.65. The van der Waals surface area contributed by atoms with Gasteiger partial charge in [0.1, 0.15) is 0 Å². The van der Waals surface area contributed by atoms with Gasteiger partial charge in [-0.1, -0.05) is 64.7 Å². The lowest BCUT2D eigenvalue weighted by molar-refractivity contribution is 0.374. The van der Waals surface area contributed by atoms with E-state index in [0.717, 1.165) is 5.69 Å². The van der Waals surface area contributed by atoms with Crippen molar-refractivity contribution in [3.05, 3.63) is 54.3 Å². The molecule has 0 fully saturated rings. The summed E-state index contributed by atoms with van der Waals surface area (Å²) in [6.07, 6.45) is 17.4. The molecule has 1 aliphatic heterocycles. The van der Waals surface area contributed by atoms with Crippen LogP contribution in [0.1, 0.15) is 64.9 Å². The maximum Gasteiger partial charge on any atom is 0.0648 e. The molecule has 0 N–H and O–H groups in total. The van der Waals surface area contributed by atoms with Gasteiger partial charge in [-0.15, -0.1) is 0 Å². The van der Waals surface area contributed by atoms with Gasteiger partial charge in [0.25, 0.3) is 0 Å². The summed E-state index contributed by atoms with van der Waals surface area (Å²) in [5.41, 5.74) is 2.84. The standard InChI is InChI=1S/C21H30N2/c1-4-6-14-21(3,15-7-5-2)19-12-11-13-20(18-19)23-17-10-8-9-16-22-23/h8-13,16-18H,4-7,14-15H2,1-3H3. The second kappa shape index (κ2) is 8.71. The smallest absolute Gasteiger partial charge is 0.0648 e. The predicted molar refractivity (Wildman–Crippen MR) is 102 cm³/mol. The number of unbranched alkanes of at least 4 members (excludes halogenated alkanes) is 2. The minimum absolute atomic E-state index is 0.263. The molecule has 23 heavy (non-hydrogen) atoms. The fourth-order valence-corrected chi connectivity index (χ4v) is 3.12. The Balaban J connectivity index is 2.27. The highest BCUT2D eigenvalue weighted by Gasteiger charge is 2.25. The van der Waals surface area contributed by atoms with Crippen LogP contribution >= 0.6 is 0 Å². The van der Waals surface area contributed by atoms with Gasteiger partial charge in [-0.25, -0.2) is 5.01 Å². The molecule has 1 aromatic carbocycles. The highest BCUT2D eigenvalue weighted by atomic mass is 15.4. The quantitative estimate of drug-likeness (QED) is 0.558. The molecular formula is C21H30N2. The van der Waals surface area contributed by atoms with E-state index < -0.39 is 0 Å². The molecule has 0 atom stereocenters. The molecular weight excluding hydrogens is 280 g/mol. The minimum atomic E-state index is 0.263. The Morgan fingerprint density at radius 3 is 2.43 bits per heavy atom. The Kier molecular flexibility index (Phi) is 6.64. The summed E-state index contributed by atoms with van der Waals surface area (Å²) in [6, 6.07) is 8.91. The van der Waals surface area contributed by atoms with Gasteiger partial charge in [0, 0.05) is 12.4 Å².